The van der Waals surface area contributed by atoms with Crippen molar-refractivity contribution in [2.75, 3.05) is 41.6 Å². The average Bonchev–Trinajstić information content (AvgIpc) is 3.06. The summed E-state index contributed by atoms with van der Waals surface area (Å²) in [5.74, 6) is -0.141. The lowest BCUT2D eigenvalue weighted by Gasteiger charge is -2.26. The number of aliphatic hydroxyl groups excluding tert-OH is 1. The van der Waals surface area contributed by atoms with Crippen molar-refractivity contribution in [3.8, 4) is 17.2 Å². The Labute approximate surface area is 187 Å². The maximum absolute atomic E-state index is 13.1. The molecule has 0 unspecified atom stereocenters. The van der Waals surface area contributed by atoms with E-state index >= 15 is 0 Å². The number of rotatable bonds is 8. The standard InChI is InChI=1S/C24H27NO7/c1-14-12-15(6-8-18(14)31-4)22(26)20-21(25(10-11-29-2)24(28)23(20)27)17-13-16(30-3)7-9-19(17)32-5/h6-9,12-13,21,26H,10-11H2,1-5H3/t21-/m0/s1. The van der Waals surface area contributed by atoms with Gasteiger partial charge in [0.2, 0.25) is 0 Å². The topological polar surface area (TPSA) is 94.5 Å². The van der Waals surface area contributed by atoms with Crippen LogP contribution in [0.3, 0.4) is 0 Å². The maximum Gasteiger partial charge on any atom is 0.295 e. The minimum absolute atomic E-state index is 0.0257. The second kappa shape index (κ2) is 9.74. The average molecular weight is 441 g/mol. The zero-order valence-corrected chi connectivity index (χ0v) is 18.8. The molecule has 1 fully saturated rings. The molecule has 1 saturated heterocycles. The molecule has 0 spiro atoms. The number of carbonyl (C=O) groups is 2. The van der Waals surface area contributed by atoms with Crippen LogP contribution in [0.25, 0.3) is 5.76 Å². The van der Waals surface area contributed by atoms with Gasteiger partial charge in [-0.15, -0.1) is 0 Å². The van der Waals surface area contributed by atoms with Crippen LogP contribution in [0, 0.1) is 6.92 Å². The van der Waals surface area contributed by atoms with Crippen molar-refractivity contribution in [3.05, 3.63) is 58.7 Å². The largest absolute Gasteiger partial charge is 0.507 e. The van der Waals surface area contributed by atoms with Gasteiger partial charge in [-0.05, 0) is 48.9 Å². The third-order valence-corrected chi connectivity index (χ3v) is 5.48. The van der Waals surface area contributed by atoms with E-state index < -0.39 is 17.7 Å². The lowest BCUT2D eigenvalue weighted by atomic mass is 9.94. The molecular weight excluding hydrogens is 414 g/mol. The first-order chi connectivity index (χ1) is 15.4. The van der Waals surface area contributed by atoms with Crippen molar-refractivity contribution < 1.29 is 33.6 Å². The molecule has 0 saturated carbocycles. The predicted octanol–water partition coefficient (Wildman–Crippen LogP) is 3.09. The van der Waals surface area contributed by atoms with Gasteiger partial charge in [-0.2, -0.15) is 0 Å². The molecule has 32 heavy (non-hydrogen) atoms. The number of hydrogen-bond acceptors (Lipinski definition) is 7. The van der Waals surface area contributed by atoms with Crippen molar-refractivity contribution in [1.29, 1.82) is 0 Å². The molecule has 0 bridgehead atoms. The fraction of sp³-hybridized carbons (Fsp3) is 0.333. The summed E-state index contributed by atoms with van der Waals surface area (Å²) in [7, 11) is 6.09. The van der Waals surface area contributed by atoms with Crippen LogP contribution in [0.4, 0.5) is 0 Å². The van der Waals surface area contributed by atoms with Gasteiger partial charge in [-0.25, -0.2) is 0 Å². The van der Waals surface area contributed by atoms with Gasteiger partial charge in [0.25, 0.3) is 11.7 Å². The predicted molar refractivity (Wildman–Crippen MR) is 118 cm³/mol. The van der Waals surface area contributed by atoms with E-state index in [0.717, 1.165) is 5.56 Å². The van der Waals surface area contributed by atoms with Crippen LogP contribution in [-0.2, 0) is 14.3 Å². The Bertz CT molecular complexity index is 1060. The number of methoxy groups -OCH3 is 4. The summed E-state index contributed by atoms with van der Waals surface area (Å²) in [6.07, 6.45) is 0. The maximum atomic E-state index is 13.1. The minimum atomic E-state index is -0.877. The van der Waals surface area contributed by atoms with Gasteiger partial charge in [0.05, 0.1) is 39.6 Å². The highest BCUT2D eigenvalue weighted by molar-refractivity contribution is 6.46. The van der Waals surface area contributed by atoms with E-state index in [4.69, 9.17) is 18.9 Å². The SMILES string of the molecule is COCCN1C(=O)C(=O)C(=C(O)c2ccc(OC)c(C)c2)[C@@H]1c1cc(OC)ccc1OC. The summed E-state index contributed by atoms with van der Waals surface area (Å²) in [5, 5.41) is 11.2. The number of benzene rings is 2. The van der Waals surface area contributed by atoms with E-state index in [1.54, 1.807) is 43.5 Å². The van der Waals surface area contributed by atoms with Gasteiger partial charge in [0.1, 0.15) is 23.0 Å². The first-order valence-electron chi connectivity index (χ1n) is 10.0. The van der Waals surface area contributed by atoms with E-state index in [1.807, 2.05) is 6.92 Å². The molecule has 0 radical (unpaired) electrons. The Kier molecular flexibility index (Phi) is 7.05. The third-order valence-electron chi connectivity index (χ3n) is 5.48. The highest BCUT2D eigenvalue weighted by Gasteiger charge is 2.47. The van der Waals surface area contributed by atoms with Gasteiger partial charge in [0.15, 0.2) is 0 Å². The summed E-state index contributed by atoms with van der Waals surface area (Å²) in [6.45, 7) is 2.21. The third kappa shape index (κ3) is 4.13. The number of aliphatic hydroxyl groups is 1. The zero-order chi connectivity index (χ0) is 23.4. The van der Waals surface area contributed by atoms with Crippen molar-refractivity contribution in [2.24, 2.45) is 0 Å². The normalized spacial score (nSPS) is 17.5. The number of ether oxygens (including phenoxy) is 4. The second-order valence-corrected chi connectivity index (χ2v) is 7.28. The van der Waals surface area contributed by atoms with Crippen molar-refractivity contribution >= 4 is 17.4 Å². The summed E-state index contributed by atoms with van der Waals surface area (Å²) >= 11 is 0. The van der Waals surface area contributed by atoms with Crippen LogP contribution in [-0.4, -0.2) is 63.3 Å². The molecular formula is C24H27NO7. The van der Waals surface area contributed by atoms with E-state index in [0.29, 0.717) is 28.4 Å². The zero-order valence-electron chi connectivity index (χ0n) is 18.8. The molecule has 3 rings (SSSR count). The molecule has 1 heterocycles. The quantitative estimate of drug-likeness (QED) is 0.382. The lowest BCUT2D eigenvalue weighted by Crippen LogP contribution is -2.32. The molecule has 2 aromatic carbocycles. The smallest absolute Gasteiger partial charge is 0.295 e. The number of amides is 1. The monoisotopic (exact) mass is 441 g/mol. The van der Waals surface area contributed by atoms with E-state index in [-0.39, 0.29) is 24.5 Å². The van der Waals surface area contributed by atoms with Gasteiger partial charge < -0.3 is 29.0 Å². The summed E-state index contributed by atoms with van der Waals surface area (Å²) in [5.41, 5.74) is 1.68. The molecule has 1 atom stereocenters. The Balaban J connectivity index is 2.25. The van der Waals surface area contributed by atoms with Crippen LogP contribution < -0.4 is 14.2 Å². The fourth-order valence-corrected chi connectivity index (χ4v) is 3.86. The number of carbonyl (C=O) groups excluding carboxylic acids is 2. The minimum Gasteiger partial charge on any atom is -0.507 e. The molecule has 0 aliphatic carbocycles. The number of Topliss-reactive ketones (excluding diaryl/α,β-unsaturated/α-hetero) is 1. The Morgan fingerprint density at radius 2 is 1.66 bits per heavy atom. The first kappa shape index (κ1) is 23.1. The molecule has 8 nitrogen and oxygen atoms in total. The number of hydrogen-bond donors (Lipinski definition) is 1. The molecule has 1 aliphatic rings. The lowest BCUT2D eigenvalue weighted by molar-refractivity contribution is -0.140. The van der Waals surface area contributed by atoms with Gasteiger partial charge in [-0.3, -0.25) is 9.59 Å². The Morgan fingerprint density at radius 3 is 2.25 bits per heavy atom. The molecule has 170 valence electrons. The van der Waals surface area contributed by atoms with Crippen molar-refractivity contribution in [3.63, 3.8) is 0 Å². The van der Waals surface area contributed by atoms with Crippen molar-refractivity contribution in [1.82, 2.24) is 4.90 Å². The summed E-state index contributed by atoms with van der Waals surface area (Å²) in [4.78, 5) is 27.4. The number of aryl methyl sites for hydroxylation is 1. The highest BCUT2D eigenvalue weighted by Crippen LogP contribution is 2.44. The first-order valence-corrected chi connectivity index (χ1v) is 10.0. The van der Waals surface area contributed by atoms with E-state index in [9.17, 15) is 14.7 Å². The second-order valence-electron chi connectivity index (χ2n) is 7.28. The van der Waals surface area contributed by atoms with Crippen molar-refractivity contribution in [2.45, 2.75) is 13.0 Å². The Morgan fingerprint density at radius 1 is 0.969 bits per heavy atom. The number of nitrogens with zero attached hydrogens (tertiary/aromatic N) is 1. The molecule has 1 aliphatic heterocycles. The molecule has 0 aromatic heterocycles. The van der Waals surface area contributed by atoms with Gasteiger partial charge in [0, 0.05) is 24.8 Å². The van der Waals surface area contributed by atoms with E-state index in [2.05, 4.69) is 0 Å². The van der Waals surface area contributed by atoms with Crippen LogP contribution in [0.5, 0.6) is 17.2 Å². The van der Waals surface area contributed by atoms with Crippen LogP contribution in [0.2, 0.25) is 0 Å². The number of ketones is 1. The van der Waals surface area contributed by atoms with Crippen LogP contribution in [0.1, 0.15) is 22.7 Å². The van der Waals surface area contributed by atoms with Crippen LogP contribution in [0.15, 0.2) is 42.0 Å². The number of likely N-dealkylation sites (tertiary alicyclic amines) is 1. The highest BCUT2D eigenvalue weighted by atomic mass is 16.5. The van der Waals surface area contributed by atoms with Gasteiger partial charge in [-0.1, -0.05) is 0 Å². The molecule has 8 heteroatoms. The summed E-state index contributed by atoms with van der Waals surface area (Å²) in [6, 6.07) is 9.28. The molecule has 1 amide bonds. The Hall–Kier alpha value is -3.52. The fourth-order valence-electron chi connectivity index (χ4n) is 3.86. The van der Waals surface area contributed by atoms with E-state index in [1.165, 1.54) is 26.2 Å². The van der Waals surface area contributed by atoms with Crippen LogP contribution >= 0.6 is 0 Å². The van der Waals surface area contributed by atoms with Gasteiger partial charge >= 0.3 is 0 Å². The molecule has 1 N–H and O–H groups in total. The molecule has 2 aromatic rings. The summed E-state index contributed by atoms with van der Waals surface area (Å²) < 4.78 is 21.3.